The lowest BCUT2D eigenvalue weighted by molar-refractivity contribution is 0.0620. The van der Waals surface area contributed by atoms with Crippen LogP contribution in [0, 0.1) is 6.92 Å². The first-order valence-electron chi connectivity index (χ1n) is 8.93. The van der Waals surface area contributed by atoms with E-state index in [0.717, 1.165) is 47.7 Å². The maximum atomic E-state index is 9.64. The molecule has 0 unspecified atom stereocenters. The predicted molar refractivity (Wildman–Crippen MR) is 101 cm³/mol. The second kappa shape index (κ2) is 6.88. The van der Waals surface area contributed by atoms with Crippen LogP contribution in [0.2, 0.25) is 0 Å². The van der Waals surface area contributed by atoms with Gasteiger partial charge >= 0.3 is 6.01 Å². The molecule has 1 aromatic carbocycles. The minimum absolute atomic E-state index is 0.0397. The molecule has 26 heavy (non-hydrogen) atoms. The first kappa shape index (κ1) is 16.7. The van der Waals surface area contributed by atoms with E-state index in [1.807, 2.05) is 12.1 Å². The number of ether oxygens (including phenoxy) is 1. The molecular weight excluding hydrogens is 328 g/mol. The number of hydrogen-bond acceptors (Lipinski definition) is 6. The van der Waals surface area contributed by atoms with Gasteiger partial charge in [0.25, 0.3) is 0 Å². The maximum absolute atomic E-state index is 9.64. The molecule has 1 aliphatic carbocycles. The zero-order chi connectivity index (χ0) is 18.1. The van der Waals surface area contributed by atoms with Crippen molar-refractivity contribution in [2.75, 3.05) is 5.73 Å². The average Bonchev–Trinajstić information content (AvgIpc) is 2.65. The Bertz CT molecular complexity index is 919. The largest absolute Gasteiger partial charge is 0.460 e. The predicted octanol–water partition coefficient (Wildman–Crippen LogP) is 3.26. The third-order valence-electron chi connectivity index (χ3n) is 4.91. The van der Waals surface area contributed by atoms with Gasteiger partial charge in [-0.05, 0) is 38.2 Å². The Morgan fingerprint density at radius 2 is 1.77 bits per heavy atom. The highest BCUT2D eigenvalue weighted by atomic mass is 16.5. The van der Waals surface area contributed by atoms with Gasteiger partial charge in [-0.1, -0.05) is 29.8 Å². The maximum Gasteiger partial charge on any atom is 0.317 e. The van der Waals surface area contributed by atoms with Crippen LogP contribution in [-0.2, 0) is 0 Å². The van der Waals surface area contributed by atoms with Crippen molar-refractivity contribution in [1.82, 2.24) is 15.0 Å². The Labute approximate surface area is 152 Å². The van der Waals surface area contributed by atoms with E-state index in [0.29, 0.717) is 11.8 Å². The number of aryl methyl sites for hydroxylation is 1. The smallest absolute Gasteiger partial charge is 0.317 e. The Morgan fingerprint density at radius 1 is 1.04 bits per heavy atom. The molecule has 0 atom stereocenters. The number of nitrogens with zero attached hydrogens (tertiary/aromatic N) is 3. The summed E-state index contributed by atoms with van der Waals surface area (Å²) < 4.78 is 5.97. The van der Waals surface area contributed by atoms with Crippen LogP contribution in [0.5, 0.6) is 6.01 Å². The van der Waals surface area contributed by atoms with Crippen molar-refractivity contribution in [1.29, 1.82) is 0 Å². The van der Waals surface area contributed by atoms with Crippen LogP contribution in [0.4, 0.5) is 5.82 Å². The van der Waals surface area contributed by atoms with Crippen LogP contribution in [-0.4, -0.2) is 32.3 Å². The third kappa shape index (κ3) is 3.32. The van der Waals surface area contributed by atoms with Crippen molar-refractivity contribution in [2.45, 2.75) is 44.8 Å². The van der Waals surface area contributed by atoms with Crippen LogP contribution < -0.4 is 10.5 Å². The van der Waals surface area contributed by atoms with Crippen molar-refractivity contribution in [3.05, 3.63) is 42.2 Å². The summed E-state index contributed by atoms with van der Waals surface area (Å²) in [6, 6.07) is 8.56. The number of anilines is 1. The van der Waals surface area contributed by atoms with Crippen molar-refractivity contribution in [3.8, 4) is 17.1 Å². The Balaban J connectivity index is 1.71. The van der Waals surface area contributed by atoms with Crippen LogP contribution >= 0.6 is 0 Å². The Kier molecular flexibility index (Phi) is 4.42. The Hall–Kier alpha value is -2.73. The molecule has 2 aromatic heterocycles. The molecule has 0 spiro atoms. The van der Waals surface area contributed by atoms with Gasteiger partial charge in [-0.3, -0.25) is 0 Å². The summed E-state index contributed by atoms with van der Waals surface area (Å²) >= 11 is 0. The molecule has 0 aliphatic heterocycles. The number of pyridine rings is 1. The van der Waals surface area contributed by atoms with E-state index in [1.165, 1.54) is 5.56 Å². The molecule has 3 aromatic rings. The average molecular weight is 350 g/mol. The lowest BCUT2D eigenvalue weighted by Gasteiger charge is -2.25. The molecule has 1 aliphatic rings. The van der Waals surface area contributed by atoms with Gasteiger partial charge in [-0.25, -0.2) is 9.97 Å². The van der Waals surface area contributed by atoms with E-state index < -0.39 is 0 Å². The van der Waals surface area contributed by atoms with Gasteiger partial charge < -0.3 is 15.6 Å². The fourth-order valence-electron chi connectivity index (χ4n) is 3.34. The number of aromatic nitrogens is 3. The zero-order valence-corrected chi connectivity index (χ0v) is 14.7. The van der Waals surface area contributed by atoms with E-state index in [1.54, 1.807) is 12.4 Å². The van der Waals surface area contributed by atoms with Gasteiger partial charge in [0.15, 0.2) is 0 Å². The number of aliphatic hydroxyl groups excluding tert-OH is 1. The molecule has 6 heteroatoms. The lowest BCUT2D eigenvalue weighted by atomic mass is 9.95. The highest BCUT2D eigenvalue weighted by Gasteiger charge is 2.22. The van der Waals surface area contributed by atoms with E-state index in [4.69, 9.17) is 10.5 Å². The molecule has 0 bridgehead atoms. The van der Waals surface area contributed by atoms with Gasteiger partial charge in [0.2, 0.25) is 0 Å². The van der Waals surface area contributed by atoms with Crippen LogP contribution in [0.1, 0.15) is 31.2 Å². The molecular formula is C20H22N4O2. The number of aliphatic hydroxyl groups is 1. The number of hydrogen-bond donors (Lipinski definition) is 2. The molecule has 134 valence electrons. The summed E-state index contributed by atoms with van der Waals surface area (Å²) in [4.78, 5) is 13.2. The van der Waals surface area contributed by atoms with Gasteiger partial charge in [0.1, 0.15) is 11.9 Å². The number of rotatable bonds is 3. The normalized spacial score (nSPS) is 20.2. The van der Waals surface area contributed by atoms with Crippen LogP contribution in [0.15, 0.2) is 36.7 Å². The summed E-state index contributed by atoms with van der Waals surface area (Å²) in [5.41, 5.74) is 9.88. The molecule has 0 saturated heterocycles. The number of benzene rings is 1. The summed E-state index contributed by atoms with van der Waals surface area (Å²) in [6.07, 6.45) is 6.38. The Morgan fingerprint density at radius 3 is 2.50 bits per heavy atom. The van der Waals surface area contributed by atoms with Crippen molar-refractivity contribution in [3.63, 3.8) is 0 Å². The fraction of sp³-hybridized carbons (Fsp3) is 0.350. The highest BCUT2D eigenvalue weighted by molar-refractivity contribution is 5.98. The van der Waals surface area contributed by atoms with Crippen molar-refractivity contribution < 1.29 is 9.84 Å². The minimum atomic E-state index is -0.216. The van der Waals surface area contributed by atoms with E-state index in [9.17, 15) is 5.11 Å². The monoisotopic (exact) mass is 350 g/mol. The molecule has 3 N–H and O–H groups in total. The third-order valence-corrected chi connectivity index (χ3v) is 4.91. The lowest BCUT2D eigenvalue weighted by Crippen LogP contribution is -2.27. The second-order valence-corrected chi connectivity index (χ2v) is 6.89. The summed E-state index contributed by atoms with van der Waals surface area (Å²) in [5.74, 6) is 0.406. The van der Waals surface area contributed by atoms with Gasteiger partial charge in [0, 0.05) is 18.0 Å². The fourth-order valence-corrected chi connectivity index (χ4v) is 3.34. The van der Waals surface area contributed by atoms with E-state index >= 15 is 0 Å². The van der Waals surface area contributed by atoms with Crippen molar-refractivity contribution >= 4 is 16.7 Å². The molecule has 1 fully saturated rings. The number of fused-ring (bicyclic) bond motifs is 1. The van der Waals surface area contributed by atoms with E-state index in [2.05, 4.69) is 34.0 Å². The van der Waals surface area contributed by atoms with Crippen LogP contribution in [0.25, 0.3) is 22.0 Å². The highest BCUT2D eigenvalue weighted by Crippen LogP contribution is 2.31. The summed E-state index contributed by atoms with van der Waals surface area (Å²) in [7, 11) is 0. The van der Waals surface area contributed by atoms with Crippen molar-refractivity contribution in [2.24, 2.45) is 0 Å². The quantitative estimate of drug-likeness (QED) is 0.753. The van der Waals surface area contributed by atoms with Crippen LogP contribution in [0.3, 0.4) is 0 Å². The van der Waals surface area contributed by atoms with Gasteiger partial charge in [0.05, 0.1) is 17.0 Å². The molecule has 0 amide bonds. The van der Waals surface area contributed by atoms with Gasteiger partial charge in [-0.2, -0.15) is 4.98 Å². The zero-order valence-electron chi connectivity index (χ0n) is 14.7. The first-order valence-corrected chi connectivity index (χ1v) is 8.93. The molecule has 0 radical (unpaired) electrons. The molecule has 4 rings (SSSR count). The minimum Gasteiger partial charge on any atom is -0.460 e. The molecule has 6 nitrogen and oxygen atoms in total. The standard InChI is InChI=1S/C20H22N4O2/c1-12-2-4-13(5-3-12)16-10-22-19(21)17-11-23-20(24-18(16)17)26-15-8-6-14(25)7-9-15/h2-5,10-11,14-15,25H,6-9H2,1H3,(H2,21,22). The van der Waals surface area contributed by atoms with E-state index in [-0.39, 0.29) is 12.2 Å². The molecule has 2 heterocycles. The SMILES string of the molecule is Cc1ccc(-c2cnc(N)c3cnc(OC4CCC(O)CC4)nc23)cc1. The van der Waals surface area contributed by atoms with Gasteiger partial charge in [-0.15, -0.1) is 0 Å². The summed E-state index contributed by atoms with van der Waals surface area (Å²) in [5, 5.41) is 10.4. The molecule has 1 saturated carbocycles. The number of nitrogens with two attached hydrogens (primary N) is 1. The number of nitrogen functional groups attached to an aromatic ring is 1. The second-order valence-electron chi connectivity index (χ2n) is 6.89. The first-order chi connectivity index (χ1) is 12.6. The summed E-state index contributed by atoms with van der Waals surface area (Å²) in [6.45, 7) is 2.05. The topological polar surface area (TPSA) is 94.2 Å².